The second kappa shape index (κ2) is 6.78. The summed E-state index contributed by atoms with van der Waals surface area (Å²) in [7, 11) is 0. The Morgan fingerprint density at radius 3 is 2.24 bits per heavy atom. The van der Waals surface area contributed by atoms with Gasteiger partial charge in [-0.3, -0.25) is 19.6 Å². The van der Waals surface area contributed by atoms with Crippen LogP contribution in [0.2, 0.25) is 0 Å². The Bertz CT molecular complexity index is 635. The summed E-state index contributed by atoms with van der Waals surface area (Å²) in [5.41, 5.74) is 8.08. The highest BCUT2D eigenvalue weighted by Gasteiger charge is 2.46. The number of piperazine rings is 1. The molecule has 3 rings (SSSR count). The Kier molecular flexibility index (Phi) is 4.86. The largest absolute Gasteiger partial charge is 0.368 e. The molecule has 0 bridgehead atoms. The van der Waals surface area contributed by atoms with Crippen molar-refractivity contribution in [3.63, 3.8) is 0 Å². The number of rotatable bonds is 4. The van der Waals surface area contributed by atoms with Crippen LogP contribution in [0.25, 0.3) is 0 Å². The van der Waals surface area contributed by atoms with Crippen LogP contribution < -0.4 is 5.73 Å². The first-order chi connectivity index (χ1) is 11.9. The first-order valence-corrected chi connectivity index (χ1v) is 9.22. The summed E-state index contributed by atoms with van der Waals surface area (Å²) < 4.78 is 0. The first kappa shape index (κ1) is 17.9. The van der Waals surface area contributed by atoms with Gasteiger partial charge in [0.15, 0.2) is 0 Å². The maximum absolute atomic E-state index is 12.9. The van der Waals surface area contributed by atoms with Gasteiger partial charge >= 0.3 is 0 Å². The predicted octanol–water partition coefficient (Wildman–Crippen LogP) is 1.07. The highest BCUT2D eigenvalue weighted by molar-refractivity contribution is 5.85. The molecule has 7 heteroatoms. The number of H-pyrrole nitrogens is 1. The van der Waals surface area contributed by atoms with E-state index in [2.05, 4.69) is 15.1 Å². The van der Waals surface area contributed by atoms with Gasteiger partial charge in [-0.25, -0.2) is 0 Å². The standard InChI is InChI=1S/C18H29N5O2/c1-12(15-13(2)20-21-14(15)3)16(24)22-8-10-23(11-9-22)18(17(19)25)6-4-5-7-18/h12H,4-11H2,1-3H3,(H2,19,25)(H,20,21). The highest BCUT2D eigenvalue weighted by atomic mass is 16.2. The zero-order valence-corrected chi connectivity index (χ0v) is 15.5. The van der Waals surface area contributed by atoms with Gasteiger partial charge in [-0.05, 0) is 33.6 Å². The summed E-state index contributed by atoms with van der Waals surface area (Å²) in [6.45, 7) is 8.55. The second-order valence-electron chi connectivity index (χ2n) is 7.48. The van der Waals surface area contributed by atoms with Crippen LogP contribution in [-0.2, 0) is 9.59 Å². The van der Waals surface area contributed by atoms with E-state index in [0.29, 0.717) is 26.2 Å². The minimum absolute atomic E-state index is 0.131. The van der Waals surface area contributed by atoms with Crippen LogP contribution in [0.3, 0.4) is 0 Å². The zero-order chi connectivity index (χ0) is 18.2. The van der Waals surface area contributed by atoms with Crippen molar-refractivity contribution >= 4 is 11.8 Å². The van der Waals surface area contributed by atoms with Crippen molar-refractivity contribution in [3.8, 4) is 0 Å². The van der Waals surface area contributed by atoms with E-state index in [1.165, 1.54) is 0 Å². The molecule has 2 fully saturated rings. The number of primary amides is 1. The minimum atomic E-state index is -0.488. The monoisotopic (exact) mass is 347 g/mol. The molecular weight excluding hydrogens is 318 g/mol. The molecule has 7 nitrogen and oxygen atoms in total. The average Bonchev–Trinajstić information content (AvgIpc) is 3.22. The molecule has 1 saturated heterocycles. The maximum atomic E-state index is 12.9. The minimum Gasteiger partial charge on any atom is -0.368 e. The molecule has 3 N–H and O–H groups in total. The van der Waals surface area contributed by atoms with E-state index in [0.717, 1.165) is 42.6 Å². The molecule has 1 aliphatic carbocycles. The number of nitrogens with zero attached hydrogens (tertiary/aromatic N) is 3. The summed E-state index contributed by atoms with van der Waals surface area (Å²) in [6.07, 6.45) is 3.80. The normalized spacial score (nSPS) is 22.1. The van der Waals surface area contributed by atoms with Gasteiger partial charge in [0.2, 0.25) is 11.8 Å². The predicted molar refractivity (Wildman–Crippen MR) is 95.0 cm³/mol. The van der Waals surface area contributed by atoms with Crippen molar-refractivity contribution in [2.24, 2.45) is 5.73 Å². The third-order valence-corrected chi connectivity index (χ3v) is 6.07. The van der Waals surface area contributed by atoms with Crippen molar-refractivity contribution in [1.82, 2.24) is 20.0 Å². The number of amides is 2. The second-order valence-corrected chi connectivity index (χ2v) is 7.48. The Balaban J connectivity index is 1.66. The van der Waals surface area contributed by atoms with Crippen molar-refractivity contribution < 1.29 is 9.59 Å². The molecule has 2 aliphatic rings. The van der Waals surface area contributed by atoms with Crippen molar-refractivity contribution in [3.05, 3.63) is 17.0 Å². The van der Waals surface area contributed by atoms with Gasteiger partial charge in [-0.1, -0.05) is 12.8 Å². The molecule has 1 aromatic rings. The lowest BCUT2D eigenvalue weighted by atomic mass is 9.92. The quantitative estimate of drug-likeness (QED) is 0.852. The topological polar surface area (TPSA) is 95.3 Å². The average molecular weight is 347 g/mol. The third kappa shape index (κ3) is 3.05. The molecule has 0 aromatic carbocycles. The fourth-order valence-electron chi connectivity index (χ4n) is 4.63. The molecule has 138 valence electrons. The molecule has 1 saturated carbocycles. The summed E-state index contributed by atoms with van der Waals surface area (Å²) in [5.74, 6) is -0.281. The molecule has 2 heterocycles. The summed E-state index contributed by atoms with van der Waals surface area (Å²) in [6, 6.07) is 0. The van der Waals surface area contributed by atoms with Gasteiger partial charge in [0, 0.05) is 37.4 Å². The van der Waals surface area contributed by atoms with Gasteiger partial charge in [0.1, 0.15) is 5.54 Å². The lowest BCUT2D eigenvalue weighted by Crippen LogP contribution is -2.62. The maximum Gasteiger partial charge on any atom is 0.237 e. The number of aromatic nitrogens is 2. The number of carbonyl (C=O) groups excluding carboxylic acids is 2. The number of aryl methyl sites for hydroxylation is 2. The summed E-state index contributed by atoms with van der Waals surface area (Å²) in [5, 5.41) is 7.16. The van der Waals surface area contributed by atoms with E-state index in [1.807, 2.05) is 25.7 Å². The van der Waals surface area contributed by atoms with Crippen LogP contribution in [-0.4, -0.2) is 63.5 Å². The van der Waals surface area contributed by atoms with Gasteiger partial charge in [-0.15, -0.1) is 0 Å². The van der Waals surface area contributed by atoms with Gasteiger partial charge in [0.05, 0.1) is 11.6 Å². The fourth-order valence-corrected chi connectivity index (χ4v) is 4.63. The Morgan fingerprint density at radius 1 is 1.16 bits per heavy atom. The Labute approximate surface area is 148 Å². The number of hydrogen-bond donors (Lipinski definition) is 2. The van der Waals surface area contributed by atoms with E-state index in [-0.39, 0.29) is 17.7 Å². The number of nitrogens with one attached hydrogen (secondary N) is 1. The van der Waals surface area contributed by atoms with Crippen molar-refractivity contribution in [2.75, 3.05) is 26.2 Å². The molecule has 1 atom stereocenters. The number of aromatic amines is 1. The SMILES string of the molecule is Cc1n[nH]c(C)c1C(C)C(=O)N1CCN(C2(C(N)=O)CCCC2)CC1. The molecular formula is C18H29N5O2. The number of nitrogens with two attached hydrogens (primary N) is 1. The van der Waals surface area contributed by atoms with Crippen molar-refractivity contribution in [1.29, 1.82) is 0 Å². The first-order valence-electron chi connectivity index (χ1n) is 9.22. The third-order valence-electron chi connectivity index (χ3n) is 6.07. The lowest BCUT2D eigenvalue weighted by molar-refractivity contribution is -0.138. The van der Waals surface area contributed by atoms with Crippen LogP contribution in [0, 0.1) is 13.8 Å². The van der Waals surface area contributed by atoms with E-state index < -0.39 is 5.54 Å². The molecule has 1 unspecified atom stereocenters. The van der Waals surface area contributed by atoms with E-state index >= 15 is 0 Å². The molecule has 25 heavy (non-hydrogen) atoms. The molecule has 1 aromatic heterocycles. The van der Waals surface area contributed by atoms with Crippen LogP contribution >= 0.6 is 0 Å². The van der Waals surface area contributed by atoms with Crippen LogP contribution in [0.1, 0.15) is 55.5 Å². The van der Waals surface area contributed by atoms with Crippen LogP contribution in [0.5, 0.6) is 0 Å². The molecule has 0 radical (unpaired) electrons. The van der Waals surface area contributed by atoms with E-state index in [4.69, 9.17) is 5.73 Å². The van der Waals surface area contributed by atoms with Gasteiger partial charge < -0.3 is 10.6 Å². The number of hydrogen-bond acceptors (Lipinski definition) is 4. The molecule has 1 aliphatic heterocycles. The van der Waals surface area contributed by atoms with E-state index in [1.54, 1.807) is 0 Å². The Morgan fingerprint density at radius 2 is 1.76 bits per heavy atom. The van der Waals surface area contributed by atoms with Crippen molar-refractivity contribution in [2.45, 2.75) is 57.9 Å². The smallest absolute Gasteiger partial charge is 0.237 e. The highest BCUT2D eigenvalue weighted by Crippen LogP contribution is 2.36. The Hall–Kier alpha value is -1.89. The summed E-state index contributed by atoms with van der Waals surface area (Å²) in [4.78, 5) is 29.1. The van der Waals surface area contributed by atoms with Crippen LogP contribution in [0.4, 0.5) is 0 Å². The van der Waals surface area contributed by atoms with E-state index in [9.17, 15) is 9.59 Å². The zero-order valence-electron chi connectivity index (χ0n) is 15.5. The fraction of sp³-hybridized carbons (Fsp3) is 0.722. The lowest BCUT2D eigenvalue weighted by Gasteiger charge is -2.44. The molecule has 0 spiro atoms. The summed E-state index contributed by atoms with van der Waals surface area (Å²) >= 11 is 0. The number of carbonyl (C=O) groups is 2. The van der Waals surface area contributed by atoms with Gasteiger partial charge in [0.25, 0.3) is 0 Å². The molecule has 2 amide bonds. The van der Waals surface area contributed by atoms with Crippen LogP contribution in [0.15, 0.2) is 0 Å². The van der Waals surface area contributed by atoms with Gasteiger partial charge in [-0.2, -0.15) is 5.10 Å².